The SMILES string of the molecule is [2H]c1c([2H])c([2H])c2c(c1[2H])[N+](c1[c-]c(Oc3[c-]c4c(cc3)c3ncccc3n4-c3cc(C(C)(C)C)ccn3)cc(C(C)(C)C)c1)=C=[N+]2C([2H])([2H])[2H].[Pt+2]. The van der Waals surface area contributed by atoms with Crippen LogP contribution < -0.4 is 9.31 Å². The second-order valence-electron chi connectivity index (χ2n) is 12.9. The molecule has 0 fully saturated rings. The van der Waals surface area contributed by atoms with Crippen molar-refractivity contribution in [3.05, 3.63) is 108 Å². The van der Waals surface area contributed by atoms with Crippen LogP contribution in [0.2, 0.25) is 0 Å². The summed E-state index contributed by atoms with van der Waals surface area (Å²) in [5, 5.41) is 0.866. The zero-order chi connectivity index (χ0) is 36.8. The monoisotopic (exact) mass is 779 g/mol. The van der Waals surface area contributed by atoms with Gasteiger partial charge in [-0.3, -0.25) is 4.98 Å². The van der Waals surface area contributed by atoms with Crippen molar-refractivity contribution in [3.63, 3.8) is 0 Å². The van der Waals surface area contributed by atoms with Crippen LogP contribution in [-0.4, -0.2) is 32.1 Å². The smallest absolute Gasteiger partial charge is 0.509 e. The van der Waals surface area contributed by atoms with Crippen LogP contribution in [0.15, 0.2) is 85.1 Å². The number of para-hydroxylation sites is 2. The van der Waals surface area contributed by atoms with Crippen molar-refractivity contribution in [2.45, 2.75) is 52.4 Å². The third-order valence-electron chi connectivity index (χ3n) is 7.70. The van der Waals surface area contributed by atoms with E-state index in [0.29, 0.717) is 11.3 Å². The Morgan fingerprint density at radius 2 is 1.64 bits per heavy atom. The predicted octanol–water partition coefficient (Wildman–Crippen LogP) is 8.85. The molecule has 3 aromatic heterocycles. The largest absolute Gasteiger partial charge is 2.00 e. The molecule has 0 spiro atoms. The molecule has 6 aromatic rings. The standard InChI is InChI=1S/C38H35N5O.Pt/c1-37(2,3)25-16-18-39-35(21-25)43-33-13-10-17-40-36(33)30-15-14-28(23-34(30)43)44-29-20-26(38(4,5)6)19-27(22-29)42-24-41(7)31-11-8-9-12-32(31)42;/h8-21H,1-7H3;/q;+2/i7D3,8D,9D,11D,12D;. The van der Waals surface area contributed by atoms with Gasteiger partial charge in [0, 0.05) is 41.5 Å². The fraction of sp³-hybridized carbons (Fsp3) is 0.237. The number of fused-ring (bicyclic) bond motifs is 4. The van der Waals surface area contributed by atoms with Crippen molar-refractivity contribution < 1.29 is 40.0 Å². The average Bonchev–Trinajstić information content (AvgIpc) is 3.63. The van der Waals surface area contributed by atoms with Gasteiger partial charge >= 0.3 is 27.1 Å². The molecule has 0 aliphatic carbocycles. The number of rotatable bonds is 4. The predicted molar refractivity (Wildman–Crippen MR) is 177 cm³/mol. The quantitative estimate of drug-likeness (QED) is 0.133. The Balaban J connectivity index is 0.00000464. The summed E-state index contributed by atoms with van der Waals surface area (Å²) in [6.45, 7) is 9.74. The Kier molecular flexibility index (Phi) is 5.74. The van der Waals surface area contributed by atoms with E-state index < -0.39 is 36.6 Å². The van der Waals surface area contributed by atoms with Crippen molar-refractivity contribution in [2.24, 2.45) is 0 Å². The maximum Gasteiger partial charge on any atom is 2.00 e. The number of ether oxygens (including phenoxy) is 1. The Hall–Kier alpha value is -4.37. The van der Waals surface area contributed by atoms with E-state index in [1.54, 1.807) is 24.5 Å². The first-order chi connectivity index (χ1) is 23.8. The first-order valence-corrected chi connectivity index (χ1v) is 14.4. The van der Waals surface area contributed by atoms with Crippen LogP contribution in [0.1, 0.15) is 62.3 Å². The molecular weight excluding hydrogens is 738 g/mol. The van der Waals surface area contributed by atoms with Crippen molar-refractivity contribution >= 4 is 45.0 Å². The maximum absolute atomic E-state index is 8.71. The molecule has 0 bridgehead atoms. The van der Waals surface area contributed by atoms with Crippen molar-refractivity contribution in [2.75, 3.05) is 6.98 Å². The summed E-state index contributed by atoms with van der Waals surface area (Å²) in [5.41, 5.74) is 3.86. The molecule has 1 aliphatic heterocycles. The molecule has 226 valence electrons. The molecule has 7 heteroatoms. The summed E-state index contributed by atoms with van der Waals surface area (Å²) >= 11 is 0. The molecule has 0 amide bonds. The minimum Gasteiger partial charge on any atom is -0.509 e. The summed E-state index contributed by atoms with van der Waals surface area (Å²) < 4.78 is 68.7. The minimum atomic E-state index is -2.78. The Bertz CT molecular complexity index is 2510. The Morgan fingerprint density at radius 1 is 0.867 bits per heavy atom. The number of pyridine rings is 2. The summed E-state index contributed by atoms with van der Waals surface area (Å²) in [7, 11) is 0. The van der Waals surface area contributed by atoms with E-state index in [-0.39, 0.29) is 49.3 Å². The van der Waals surface area contributed by atoms with Crippen molar-refractivity contribution in [1.29, 1.82) is 0 Å². The van der Waals surface area contributed by atoms with Crippen molar-refractivity contribution in [1.82, 2.24) is 19.1 Å². The summed E-state index contributed by atoms with van der Waals surface area (Å²) in [6.07, 6.45) is 3.56. The van der Waals surface area contributed by atoms with E-state index in [2.05, 4.69) is 50.0 Å². The van der Waals surface area contributed by atoms with E-state index >= 15 is 0 Å². The third-order valence-corrected chi connectivity index (χ3v) is 7.70. The topological polar surface area (TPSA) is 46.0 Å². The van der Waals surface area contributed by atoms with Crippen LogP contribution >= 0.6 is 0 Å². The molecule has 0 N–H and O–H groups in total. The van der Waals surface area contributed by atoms with E-state index in [0.717, 1.165) is 37.9 Å². The number of benzene rings is 3. The van der Waals surface area contributed by atoms with Gasteiger partial charge < -0.3 is 9.30 Å². The van der Waals surface area contributed by atoms with Crippen LogP contribution in [0.25, 0.3) is 27.8 Å². The van der Waals surface area contributed by atoms with Crippen LogP contribution in [0, 0.1) is 12.1 Å². The van der Waals surface area contributed by atoms with Gasteiger partial charge in [0.1, 0.15) is 15.6 Å². The molecule has 0 unspecified atom stereocenters. The van der Waals surface area contributed by atoms with Crippen LogP contribution in [0.5, 0.6) is 11.5 Å². The van der Waals surface area contributed by atoms with Gasteiger partial charge in [0.25, 0.3) is 11.4 Å². The summed E-state index contributed by atoms with van der Waals surface area (Å²) in [4.78, 5) is 9.40. The van der Waals surface area contributed by atoms with Gasteiger partial charge in [-0.2, -0.15) is 6.07 Å². The molecule has 3 aromatic carbocycles. The van der Waals surface area contributed by atoms with E-state index in [4.69, 9.17) is 19.3 Å². The van der Waals surface area contributed by atoms with Gasteiger partial charge in [-0.1, -0.05) is 85.8 Å². The fourth-order valence-electron chi connectivity index (χ4n) is 5.29. The molecule has 7 rings (SSSR count). The van der Waals surface area contributed by atoms with Gasteiger partial charge in [0.2, 0.25) is 0 Å². The summed E-state index contributed by atoms with van der Waals surface area (Å²) in [5.74, 6) is 1.39. The Morgan fingerprint density at radius 3 is 2.40 bits per heavy atom. The normalized spacial score (nSPS) is 15.5. The molecule has 0 radical (unpaired) electrons. The molecule has 0 atom stereocenters. The van der Waals surface area contributed by atoms with Crippen LogP contribution in [0.3, 0.4) is 0 Å². The molecule has 45 heavy (non-hydrogen) atoms. The molecule has 0 saturated carbocycles. The molecule has 4 heterocycles. The molecule has 1 aliphatic rings. The second-order valence-corrected chi connectivity index (χ2v) is 12.9. The molecular formula is C38H35N5OPt+2. The molecule has 6 nitrogen and oxygen atoms in total. The van der Waals surface area contributed by atoms with E-state index in [9.17, 15) is 0 Å². The minimum absolute atomic E-state index is 0. The summed E-state index contributed by atoms with van der Waals surface area (Å²) in [6, 6.07) is 22.9. The first-order valence-electron chi connectivity index (χ1n) is 17.9. The third kappa shape index (κ3) is 5.54. The molecule has 0 saturated heterocycles. The van der Waals surface area contributed by atoms with Gasteiger partial charge in [0.05, 0.1) is 11.0 Å². The number of nitrogens with zero attached hydrogens (tertiary/aromatic N) is 5. The van der Waals surface area contributed by atoms with Gasteiger partial charge in [-0.15, -0.1) is 23.8 Å². The van der Waals surface area contributed by atoms with Gasteiger partial charge in [-0.05, 0) is 40.7 Å². The zero-order valence-electron chi connectivity index (χ0n) is 32.7. The van der Waals surface area contributed by atoms with Crippen molar-refractivity contribution in [3.8, 4) is 17.3 Å². The van der Waals surface area contributed by atoms with E-state index in [1.807, 2.05) is 55.7 Å². The fourth-order valence-corrected chi connectivity index (χ4v) is 5.29. The van der Waals surface area contributed by atoms with Crippen LogP contribution in [0.4, 0.5) is 17.1 Å². The Labute approximate surface area is 288 Å². The number of aromatic nitrogens is 3. The second kappa shape index (κ2) is 11.2. The van der Waals surface area contributed by atoms with Crippen LogP contribution in [-0.2, 0) is 31.9 Å². The van der Waals surface area contributed by atoms with E-state index in [1.165, 1.54) is 4.58 Å². The number of hydrogen-bond donors (Lipinski definition) is 0. The van der Waals surface area contributed by atoms with Gasteiger partial charge in [0.15, 0.2) is 6.98 Å². The zero-order valence-corrected chi connectivity index (χ0v) is 28.0. The maximum atomic E-state index is 8.71. The van der Waals surface area contributed by atoms with Gasteiger partial charge in [-0.25, -0.2) is 4.98 Å². The average molecular weight is 780 g/mol. The number of hydrogen-bond acceptors (Lipinski definition) is 3. The first kappa shape index (κ1) is 23.0.